The van der Waals surface area contributed by atoms with Gasteiger partial charge < -0.3 is 9.84 Å². The van der Waals surface area contributed by atoms with Crippen molar-refractivity contribution in [2.45, 2.75) is 45.8 Å². The summed E-state index contributed by atoms with van der Waals surface area (Å²) in [5.74, 6) is -0.932. The van der Waals surface area contributed by atoms with Crippen molar-refractivity contribution in [1.82, 2.24) is 4.98 Å². The third-order valence-corrected chi connectivity index (χ3v) is 4.11. The number of carboxylic acids is 1. The summed E-state index contributed by atoms with van der Waals surface area (Å²) in [4.78, 5) is 16.7. The fourth-order valence-electron chi connectivity index (χ4n) is 3.41. The molecular formula is C17H19NO3. The lowest BCUT2D eigenvalue weighted by atomic mass is 9.88. The van der Waals surface area contributed by atoms with Crippen LogP contribution in [0.1, 0.15) is 54.9 Å². The average Bonchev–Trinajstić information content (AvgIpc) is 2.53. The number of hydrogen-bond acceptors (Lipinski definition) is 3. The van der Waals surface area contributed by atoms with Gasteiger partial charge in [0.15, 0.2) is 0 Å². The standard InChI is InChI=1S/C17H19NO3/c1-9-7-6-8-10-11(15(19)20)12-14(18-13(9)10)17(4,5)21-16(12,2)3/h6-8H,1-5H3,(H,19,20). The summed E-state index contributed by atoms with van der Waals surface area (Å²) in [6.45, 7) is 9.61. The number of aromatic carboxylic acids is 1. The molecule has 110 valence electrons. The van der Waals surface area contributed by atoms with Crippen molar-refractivity contribution in [2.24, 2.45) is 0 Å². The van der Waals surface area contributed by atoms with Crippen LogP contribution < -0.4 is 0 Å². The maximum atomic E-state index is 11.9. The van der Waals surface area contributed by atoms with Crippen LogP contribution in [0.5, 0.6) is 0 Å². The molecule has 0 aliphatic carbocycles. The van der Waals surface area contributed by atoms with Crippen LogP contribution in [0.15, 0.2) is 18.2 Å². The number of nitrogens with zero attached hydrogens (tertiary/aromatic N) is 1. The molecule has 0 amide bonds. The molecule has 3 rings (SSSR count). The minimum absolute atomic E-state index is 0.314. The maximum Gasteiger partial charge on any atom is 0.336 e. The molecule has 0 unspecified atom stereocenters. The smallest absolute Gasteiger partial charge is 0.336 e. The summed E-state index contributed by atoms with van der Waals surface area (Å²) in [6, 6.07) is 5.63. The van der Waals surface area contributed by atoms with Crippen LogP contribution in [-0.4, -0.2) is 16.1 Å². The lowest BCUT2D eigenvalue weighted by molar-refractivity contribution is -0.106. The van der Waals surface area contributed by atoms with E-state index in [4.69, 9.17) is 9.72 Å². The number of carboxylic acid groups (broad SMARTS) is 1. The van der Waals surface area contributed by atoms with E-state index < -0.39 is 17.2 Å². The van der Waals surface area contributed by atoms with Gasteiger partial charge in [-0.2, -0.15) is 0 Å². The van der Waals surface area contributed by atoms with E-state index in [-0.39, 0.29) is 0 Å². The van der Waals surface area contributed by atoms with Gasteiger partial charge in [0.25, 0.3) is 0 Å². The van der Waals surface area contributed by atoms with Gasteiger partial charge in [-0.25, -0.2) is 9.78 Å². The van der Waals surface area contributed by atoms with Gasteiger partial charge in [0.05, 0.1) is 22.4 Å². The van der Waals surface area contributed by atoms with Crippen molar-refractivity contribution in [3.63, 3.8) is 0 Å². The first-order chi connectivity index (χ1) is 9.65. The summed E-state index contributed by atoms with van der Waals surface area (Å²) < 4.78 is 6.08. The normalized spacial score (nSPS) is 18.7. The molecule has 2 aromatic rings. The zero-order valence-corrected chi connectivity index (χ0v) is 12.9. The summed E-state index contributed by atoms with van der Waals surface area (Å²) in [7, 11) is 0. The van der Waals surface area contributed by atoms with Crippen molar-refractivity contribution in [2.75, 3.05) is 0 Å². The van der Waals surface area contributed by atoms with E-state index in [1.807, 2.05) is 52.8 Å². The van der Waals surface area contributed by atoms with Crippen LogP contribution >= 0.6 is 0 Å². The van der Waals surface area contributed by atoms with Crippen molar-refractivity contribution in [3.8, 4) is 0 Å². The number of para-hydroxylation sites is 1. The van der Waals surface area contributed by atoms with Gasteiger partial charge in [0.1, 0.15) is 5.60 Å². The van der Waals surface area contributed by atoms with Gasteiger partial charge >= 0.3 is 5.97 Å². The lowest BCUT2D eigenvalue weighted by Crippen LogP contribution is -2.23. The summed E-state index contributed by atoms with van der Waals surface area (Å²) in [5.41, 5.74) is 2.18. The second-order valence-electron chi connectivity index (χ2n) is 6.61. The summed E-state index contributed by atoms with van der Waals surface area (Å²) in [5, 5.41) is 10.4. The fourth-order valence-corrected chi connectivity index (χ4v) is 3.41. The monoisotopic (exact) mass is 285 g/mol. The molecule has 21 heavy (non-hydrogen) atoms. The second kappa shape index (κ2) is 4.04. The Kier molecular flexibility index (Phi) is 2.70. The zero-order valence-electron chi connectivity index (χ0n) is 12.9. The molecule has 0 saturated heterocycles. The molecule has 1 aliphatic rings. The zero-order chi connectivity index (χ0) is 15.6. The van der Waals surface area contributed by atoms with Crippen LogP contribution in [0, 0.1) is 6.92 Å². The van der Waals surface area contributed by atoms with Gasteiger partial charge in [-0.15, -0.1) is 0 Å². The van der Waals surface area contributed by atoms with Crippen LogP contribution in [0.25, 0.3) is 10.9 Å². The Morgan fingerprint density at radius 1 is 1.19 bits per heavy atom. The van der Waals surface area contributed by atoms with E-state index in [2.05, 4.69) is 0 Å². The Morgan fingerprint density at radius 3 is 2.48 bits per heavy atom. The quantitative estimate of drug-likeness (QED) is 0.867. The van der Waals surface area contributed by atoms with Crippen molar-refractivity contribution >= 4 is 16.9 Å². The number of rotatable bonds is 1. The van der Waals surface area contributed by atoms with E-state index in [9.17, 15) is 9.90 Å². The summed E-state index contributed by atoms with van der Waals surface area (Å²) >= 11 is 0. The van der Waals surface area contributed by atoms with Crippen molar-refractivity contribution in [3.05, 3.63) is 40.6 Å². The van der Waals surface area contributed by atoms with Gasteiger partial charge in [-0.1, -0.05) is 18.2 Å². The number of fused-ring (bicyclic) bond motifs is 2. The number of pyridine rings is 1. The molecule has 0 atom stereocenters. The molecular weight excluding hydrogens is 266 g/mol. The molecule has 2 heterocycles. The van der Waals surface area contributed by atoms with Crippen LogP contribution in [0.3, 0.4) is 0 Å². The van der Waals surface area contributed by atoms with Crippen LogP contribution in [-0.2, 0) is 15.9 Å². The van der Waals surface area contributed by atoms with Gasteiger partial charge in [0.2, 0.25) is 0 Å². The van der Waals surface area contributed by atoms with E-state index in [0.29, 0.717) is 16.5 Å². The molecule has 0 radical (unpaired) electrons. The van der Waals surface area contributed by atoms with E-state index >= 15 is 0 Å². The second-order valence-corrected chi connectivity index (χ2v) is 6.61. The number of carbonyl (C=O) groups is 1. The topological polar surface area (TPSA) is 59.4 Å². The average molecular weight is 285 g/mol. The highest BCUT2D eigenvalue weighted by atomic mass is 16.5. The molecule has 0 saturated carbocycles. The molecule has 1 aliphatic heterocycles. The SMILES string of the molecule is Cc1cccc2c(C(=O)O)c3c(nc12)C(C)(C)OC3(C)C. The number of aryl methyl sites for hydroxylation is 1. The van der Waals surface area contributed by atoms with Crippen molar-refractivity contribution < 1.29 is 14.6 Å². The van der Waals surface area contributed by atoms with E-state index in [1.165, 1.54) is 0 Å². The van der Waals surface area contributed by atoms with Crippen LogP contribution in [0.4, 0.5) is 0 Å². The first-order valence-corrected chi connectivity index (χ1v) is 7.03. The number of aromatic nitrogens is 1. The molecule has 1 N–H and O–H groups in total. The fraction of sp³-hybridized carbons (Fsp3) is 0.412. The Balaban J connectivity index is 2.56. The highest BCUT2D eigenvalue weighted by molar-refractivity contribution is 6.05. The molecule has 1 aromatic heterocycles. The Bertz CT molecular complexity index is 775. The lowest BCUT2D eigenvalue weighted by Gasteiger charge is -2.24. The molecule has 0 fully saturated rings. The minimum Gasteiger partial charge on any atom is -0.478 e. The molecule has 0 bridgehead atoms. The predicted molar refractivity (Wildman–Crippen MR) is 80.6 cm³/mol. The van der Waals surface area contributed by atoms with Gasteiger partial charge in [-0.3, -0.25) is 0 Å². The number of benzene rings is 1. The number of ether oxygens (including phenoxy) is 1. The minimum atomic E-state index is -0.932. The first-order valence-electron chi connectivity index (χ1n) is 7.03. The largest absolute Gasteiger partial charge is 0.478 e. The maximum absolute atomic E-state index is 11.9. The van der Waals surface area contributed by atoms with E-state index in [0.717, 1.165) is 16.8 Å². The molecule has 1 aromatic carbocycles. The Morgan fingerprint density at radius 2 is 1.86 bits per heavy atom. The highest BCUT2D eigenvalue weighted by Crippen LogP contribution is 2.48. The van der Waals surface area contributed by atoms with Gasteiger partial charge in [0, 0.05) is 10.9 Å². The third kappa shape index (κ3) is 1.86. The van der Waals surface area contributed by atoms with Gasteiger partial charge in [-0.05, 0) is 40.2 Å². The molecule has 4 heteroatoms. The summed E-state index contributed by atoms with van der Waals surface area (Å²) in [6.07, 6.45) is 0. The predicted octanol–water partition coefficient (Wildman–Crippen LogP) is 3.74. The van der Waals surface area contributed by atoms with Crippen LogP contribution in [0.2, 0.25) is 0 Å². The third-order valence-electron chi connectivity index (χ3n) is 4.11. The Hall–Kier alpha value is -1.94. The number of hydrogen-bond donors (Lipinski definition) is 1. The Labute approximate surface area is 123 Å². The molecule has 4 nitrogen and oxygen atoms in total. The first kappa shape index (κ1) is 14.0. The highest BCUT2D eigenvalue weighted by Gasteiger charge is 2.47. The molecule has 0 spiro atoms. The van der Waals surface area contributed by atoms with Crippen molar-refractivity contribution in [1.29, 1.82) is 0 Å². The van der Waals surface area contributed by atoms with E-state index in [1.54, 1.807) is 0 Å².